The zero-order valence-electron chi connectivity index (χ0n) is 19.7. The highest BCUT2D eigenvalue weighted by molar-refractivity contribution is 5.91. The molecular weight excluding hydrogens is 466 g/mol. The van der Waals surface area contributed by atoms with E-state index >= 15 is 0 Å². The highest BCUT2D eigenvalue weighted by atomic mass is 19.1. The maximum Gasteiger partial charge on any atom is 0.243 e. The van der Waals surface area contributed by atoms with Crippen molar-refractivity contribution < 1.29 is 27.8 Å². The predicted octanol–water partition coefficient (Wildman–Crippen LogP) is 4.59. The van der Waals surface area contributed by atoms with E-state index in [4.69, 9.17) is 9.47 Å². The summed E-state index contributed by atoms with van der Waals surface area (Å²) in [6.07, 6.45) is 1.79. The summed E-state index contributed by atoms with van der Waals surface area (Å²) in [4.78, 5) is 25.6. The summed E-state index contributed by atoms with van der Waals surface area (Å²) < 4.78 is 40.2. The lowest BCUT2D eigenvalue weighted by Crippen LogP contribution is -2.44. The van der Waals surface area contributed by atoms with Crippen molar-refractivity contribution in [2.24, 2.45) is 0 Å². The van der Waals surface area contributed by atoms with Crippen molar-refractivity contribution in [1.82, 2.24) is 10.6 Å². The van der Waals surface area contributed by atoms with Crippen molar-refractivity contribution in [3.63, 3.8) is 0 Å². The molecule has 3 aromatic rings. The maximum atomic E-state index is 14.7. The molecule has 2 amide bonds. The Kier molecular flexibility index (Phi) is 6.35. The van der Waals surface area contributed by atoms with Crippen LogP contribution in [0.4, 0.5) is 8.78 Å². The second kappa shape index (κ2) is 9.60. The van der Waals surface area contributed by atoms with Gasteiger partial charge in [0.2, 0.25) is 11.8 Å². The Morgan fingerprint density at radius 3 is 2.36 bits per heavy atom. The first-order chi connectivity index (χ1) is 17.4. The van der Waals surface area contributed by atoms with E-state index in [0.29, 0.717) is 11.5 Å². The minimum Gasteiger partial charge on any atom is -0.497 e. The lowest BCUT2D eigenvalue weighted by atomic mass is 9.90. The molecule has 5 rings (SSSR count). The first kappa shape index (κ1) is 23.8. The molecule has 2 aliphatic rings. The van der Waals surface area contributed by atoms with E-state index in [1.807, 2.05) is 54.6 Å². The van der Waals surface area contributed by atoms with Crippen molar-refractivity contribution >= 4 is 11.8 Å². The fraction of sp³-hybridized carbons (Fsp3) is 0.286. The summed E-state index contributed by atoms with van der Waals surface area (Å²) in [6.45, 7) is 0.0218. The molecule has 186 valence electrons. The van der Waals surface area contributed by atoms with Crippen LogP contribution in [0.3, 0.4) is 0 Å². The first-order valence-corrected chi connectivity index (χ1v) is 11.8. The van der Waals surface area contributed by atoms with E-state index in [1.54, 1.807) is 0 Å². The number of ether oxygens (including phenoxy) is 2. The van der Waals surface area contributed by atoms with Gasteiger partial charge in [0, 0.05) is 42.0 Å². The Hall–Kier alpha value is -3.94. The highest BCUT2D eigenvalue weighted by Gasteiger charge is 2.47. The second-order valence-corrected chi connectivity index (χ2v) is 9.30. The highest BCUT2D eigenvalue weighted by Crippen LogP contribution is 2.51. The maximum absolute atomic E-state index is 14.7. The van der Waals surface area contributed by atoms with Gasteiger partial charge < -0.3 is 20.1 Å². The molecular formula is C28H26F2N2O4. The molecule has 3 aromatic carbocycles. The molecule has 0 unspecified atom stereocenters. The molecule has 36 heavy (non-hydrogen) atoms. The van der Waals surface area contributed by atoms with E-state index in [2.05, 4.69) is 10.6 Å². The molecule has 8 heteroatoms. The molecule has 2 atom stereocenters. The van der Waals surface area contributed by atoms with Crippen molar-refractivity contribution in [2.45, 2.75) is 36.6 Å². The third-order valence-corrected chi connectivity index (χ3v) is 6.93. The normalized spacial score (nSPS) is 19.9. The van der Waals surface area contributed by atoms with Gasteiger partial charge >= 0.3 is 0 Å². The van der Waals surface area contributed by atoms with Gasteiger partial charge in [-0.3, -0.25) is 9.59 Å². The number of hydrogen-bond donors (Lipinski definition) is 2. The molecule has 2 N–H and O–H groups in total. The molecule has 0 bridgehead atoms. The third kappa shape index (κ3) is 4.76. The van der Waals surface area contributed by atoms with Crippen molar-refractivity contribution in [3.05, 3.63) is 89.5 Å². The largest absolute Gasteiger partial charge is 0.497 e. The molecule has 1 aliphatic heterocycles. The summed E-state index contributed by atoms with van der Waals surface area (Å²) in [6, 6.07) is 18.1. The van der Waals surface area contributed by atoms with Gasteiger partial charge in [-0.05, 0) is 42.7 Å². The van der Waals surface area contributed by atoms with E-state index in [1.165, 1.54) is 7.11 Å². The Morgan fingerprint density at radius 2 is 1.69 bits per heavy atom. The van der Waals surface area contributed by atoms with E-state index in [9.17, 15) is 18.4 Å². The molecule has 0 radical (unpaired) electrons. The van der Waals surface area contributed by atoms with E-state index < -0.39 is 29.5 Å². The van der Waals surface area contributed by atoms with Gasteiger partial charge in [-0.1, -0.05) is 30.3 Å². The van der Waals surface area contributed by atoms with Gasteiger partial charge in [-0.25, -0.2) is 8.78 Å². The van der Waals surface area contributed by atoms with Crippen LogP contribution in [0.5, 0.6) is 17.2 Å². The number of hydrogen-bond acceptors (Lipinski definition) is 4. The van der Waals surface area contributed by atoms with E-state index in [-0.39, 0.29) is 35.6 Å². The Labute approximate surface area is 207 Å². The summed E-state index contributed by atoms with van der Waals surface area (Å²) >= 11 is 0. The lowest BCUT2D eigenvalue weighted by Gasteiger charge is -2.22. The second-order valence-electron chi connectivity index (χ2n) is 9.30. The third-order valence-electron chi connectivity index (χ3n) is 6.93. The van der Waals surface area contributed by atoms with Crippen LogP contribution in [-0.2, 0) is 15.0 Å². The van der Waals surface area contributed by atoms with Crippen molar-refractivity contribution in [3.8, 4) is 17.2 Å². The van der Waals surface area contributed by atoms with Gasteiger partial charge in [0.1, 0.15) is 34.9 Å². The molecule has 1 saturated heterocycles. The minimum absolute atomic E-state index is 0.0218. The Bertz CT molecular complexity index is 1270. The predicted molar refractivity (Wildman–Crippen MR) is 129 cm³/mol. The van der Waals surface area contributed by atoms with Crippen LogP contribution in [0, 0.1) is 11.6 Å². The average molecular weight is 493 g/mol. The number of halogens is 2. The molecule has 2 fully saturated rings. The summed E-state index contributed by atoms with van der Waals surface area (Å²) in [5.41, 5.74) is 0.374. The molecule has 1 heterocycles. The fourth-order valence-corrected chi connectivity index (χ4v) is 4.85. The van der Waals surface area contributed by atoms with Crippen LogP contribution in [0.15, 0.2) is 66.7 Å². The smallest absolute Gasteiger partial charge is 0.243 e. The Balaban J connectivity index is 1.30. The van der Waals surface area contributed by atoms with Crippen LogP contribution < -0.4 is 20.1 Å². The number of para-hydroxylation sites is 1. The summed E-state index contributed by atoms with van der Waals surface area (Å²) in [5.74, 6) is -1.89. The Morgan fingerprint density at radius 1 is 1.00 bits per heavy atom. The summed E-state index contributed by atoms with van der Waals surface area (Å²) in [7, 11) is 1.31. The van der Waals surface area contributed by atoms with Crippen LogP contribution in [0.25, 0.3) is 0 Å². The van der Waals surface area contributed by atoms with Gasteiger partial charge in [-0.15, -0.1) is 0 Å². The number of amides is 2. The number of carbonyl (C=O) groups excluding carboxylic acids is 2. The zero-order chi connectivity index (χ0) is 25.3. The van der Waals surface area contributed by atoms with Crippen molar-refractivity contribution in [1.29, 1.82) is 0 Å². The summed E-state index contributed by atoms with van der Waals surface area (Å²) in [5, 5.41) is 5.35. The topological polar surface area (TPSA) is 76.7 Å². The number of rotatable bonds is 8. The average Bonchev–Trinajstić information content (AvgIpc) is 3.57. The van der Waals surface area contributed by atoms with Crippen LogP contribution in [-0.4, -0.2) is 31.5 Å². The SMILES string of the molecule is COc1cc(F)c([C@@H]2CNC(=O)[C@H]2NC(=O)CC2(c3cccc(Oc4ccccc4)c3)CC2)c(F)c1. The molecule has 0 aromatic heterocycles. The molecule has 1 aliphatic carbocycles. The fourth-order valence-electron chi connectivity index (χ4n) is 4.85. The quantitative estimate of drug-likeness (QED) is 0.483. The number of nitrogens with one attached hydrogen (secondary N) is 2. The van der Waals surface area contributed by atoms with Gasteiger partial charge in [0.15, 0.2) is 0 Å². The number of benzene rings is 3. The zero-order valence-corrected chi connectivity index (χ0v) is 19.7. The van der Waals surface area contributed by atoms with Crippen LogP contribution in [0.2, 0.25) is 0 Å². The molecule has 0 spiro atoms. The monoisotopic (exact) mass is 492 g/mol. The lowest BCUT2D eigenvalue weighted by molar-refractivity contribution is -0.127. The minimum atomic E-state index is -1.07. The number of methoxy groups -OCH3 is 1. The molecule has 1 saturated carbocycles. The van der Waals surface area contributed by atoms with E-state index in [0.717, 1.165) is 30.5 Å². The van der Waals surface area contributed by atoms with Gasteiger partial charge in [-0.2, -0.15) is 0 Å². The van der Waals surface area contributed by atoms with Crippen LogP contribution in [0.1, 0.15) is 36.3 Å². The van der Waals surface area contributed by atoms with Crippen molar-refractivity contribution in [2.75, 3.05) is 13.7 Å². The van der Waals surface area contributed by atoms with Gasteiger partial charge in [0.05, 0.1) is 7.11 Å². The molecule has 6 nitrogen and oxygen atoms in total. The first-order valence-electron chi connectivity index (χ1n) is 11.8. The van der Waals surface area contributed by atoms with Gasteiger partial charge in [0.25, 0.3) is 0 Å². The standard InChI is InChI=1S/C28H26F2N2O4/c1-35-20-13-22(29)25(23(30)14-20)21-16-31-27(34)26(21)32-24(33)15-28(10-11-28)17-6-5-9-19(12-17)36-18-7-3-2-4-8-18/h2-9,12-14,21,26H,10-11,15-16H2,1H3,(H,31,34)(H,32,33)/t21-,26-/m0/s1. The van der Waals surface area contributed by atoms with Crippen LogP contribution >= 0.6 is 0 Å². The number of carbonyl (C=O) groups is 2.